The van der Waals surface area contributed by atoms with Crippen LogP contribution in [0.25, 0.3) is 0 Å². The Morgan fingerprint density at radius 2 is 2.04 bits per heavy atom. The van der Waals surface area contributed by atoms with Gasteiger partial charge in [0, 0.05) is 11.3 Å². The Bertz CT molecular complexity index is 703. The standard InChI is InChI=1S/C15H14N2O5S/c16-10-12(18)17-11(14(19)20)9(7-23-13(10)17)6-22-15(21)8-4-2-1-3-5-8/h1-5,10,13H,6-7,16H2,(H,19,20)/t10?,13-/m1/s1. The number of hydrogen-bond donors (Lipinski definition) is 2. The molecule has 0 aromatic heterocycles. The number of carboxylic acids is 1. The molecule has 2 aliphatic heterocycles. The molecule has 0 radical (unpaired) electrons. The first-order chi connectivity index (χ1) is 11.0. The number of carbonyl (C=O) groups excluding carboxylic acids is 2. The number of hydrogen-bond acceptors (Lipinski definition) is 6. The van der Waals surface area contributed by atoms with Crippen LogP contribution in [0.3, 0.4) is 0 Å². The third-order valence-electron chi connectivity index (χ3n) is 3.68. The molecule has 2 aliphatic rings. The number of β-lactam (4-membered cyclic amide) rings is 1. The van der Waals surface area contributed by atoms with Crippen LogP contribution < -0.4 is 5.73 Å². The fourth-order valence-corrected chi connectivity index (χ4v) is 3.78. The zero-order valence-electron chi connectivity index (χ0n) is 12.0. The zero-order chi connectivity index (χ0) is 16.6. The highest BCUT2D eigenvalue weighted by Crippen LogP contribution is 2.39. The Morgan fingerprint density at radius 1 is 1.35 bits per heavy atom. The first-order valence-corrected chi connectivity index (χ1v) is 7.93. The second-order valence-corrected chi connectivity index (χ2v) is 6.24. The minimum absolute atomic E-state index is 0.124. The number of esters is 1. The summed E-state index contributed by atoms with van der Waals surface area (Å²) in [5.41, 5.74) is 6.32. The fraction of sp³-hybridized carbons (Fsp3) is 0.267. The van der Waals surface area contributed by atoms with E-state index in [9.17, 15) is 19.5 Å². The van der Waals surface area contributed by atoms with Crippen LogP contribution >= 0.6 is 11.8 Å². The predicted molar refractivity (Wildman–Crippen MR) is 82.5 cm³/mol. The highest BCUT2D eigenvalue weighted by atomic mass is 32.2. The quantitative estimate of drug-likeness (QED) is 0.606. The Morgan fingerprint density at radius 3 is 2.70 bits per heavy atom. The third-order valence-corrected chi connectivity index (χ3v) is 5.04. The Kier molecular flexibility index (Phi) is 4.10. The van der Waals surface area contributed by atoms with Gasteiger partial charge in [0.1, 0.15) is 23.7 Å². The van der Waals surface area contributed by atoms with E-state index in [1.165, 1.54) is 16.7 Å². The summed E-state index contributed by atoms with van der Waals surface area (Å²) in [6.07, 6.45) is 0. The van der Waals surface area contributed by atoms with E-state index < -0.39 is 23.9 Å². The van der Waals surface area contributed by atoms with E-state index in [1.807, 2.05) is 0 Å². The topological polar surface area (TPSA) is 110 Å². The van der Waals surface area contributed by atoms with Crippen LogP contribution in [-0.4, -0.2) is 51.6 Å². The number of carboxylic acid groups (broad SMARTS) is 1. The zero-order valence-corrected chi connectivity index (χ0v) is 12.8. The van der Waals surface area contributed by atoms with Gasteiger partial charge in [0.2, 0.25) is 5.91 Å². The van der Waals surface area contributed by atoms with Crippen molar-refractivity contribution in [2.45, 2.75) is 11.4 Å². The van der Waals surface area contributed by atoms with Gasteiger partial charge in [-0.3, -0.25) is 9.69 Å². The van der Waals surface area contributed by atoms with Crippen LogP contribution in [0.5, 0.6) is 0 Å². The van der Waals surface area contributed by atoms with Gasteiger partial charge in [-0.05, 0) is 12.1 Å². The molecule has 23 heavy (non-hydrogen) atoms. The van der Waals surface area contributed by atoms with Crippen molar-refractivity contribution in [3.05, 3.63) is 47.2 Å². The molecule has 2 heterocycles. The van der Waals surface area contributed by atoms with E-state index in [-0.39, 0.29) is 17.7 Å². The van der Waals surface area contributed by atoms with Gasteiger partial charge in [0.05, 0.1) is 5.56 Å². The number of amides is 1. The molecule has 0 aliphatic carbocycles. The number of nitrogens with two attached hydrogens (primary N) is 1. The molecule has 1 aromatic rings. The van der Waals surface area contributed by atoms with Gasteiger partial charge in [-0.2, -0.15) is 0 Å². The van der Waals surface area contributed by atoms with Crippen molar-refractivity contribution in [3.63, 3.8) is 0 Å². The Balaban J connectivity index is 1.76. The summed E-state index contributed by atoms with van der Waals surface area (Å²) in [6.45, 7) is -0.173. The SMILES string of the molecule is NC1C(=O)N2C(C(=O)O)=C(COC(=O)c3ccccc3)CS[C@H]12. The molecule has 120 valence electrons. The number of thioether (sulfide) groups is 1. The van der Waals surface area contributed by atoms with Gasteiger partial charge in [0.25, 0.3) is 0 Å². The molecule has 3 N–H and O–H groups in total. The average molecular weight is 334 g/mol. The lowest BCUT2D eigenvalue weighted by molar-refractivity contribution is -0.148. The summed E-state index contributed by atoms with van der Waals surface area (Å²) < 4.78 is 5.18. The van der Waals surface area contributed by atoms with Crippen molar-refractivity contribution in [2.24, 2.45) is 5.73 Å². The van der Waals surface area contributed by atoms with Crippen LogP contribution in [0.1, 0.15) is 10.4 Å². The van der Waals surface area contributed by atoms with E-state index in [0.717, 1.165) is 0 Å². The van der Waals surface area contributed by atoms with Crippen LogP contribution in [0.2, 0.25) is 0 Å². The van der Waals surface area contributed by atoms with Crippen molar-refractivity contribution in [2.75, 3.05) is 12.4 Å². The van der Waals surface area contributed by atoms with E-state index >= 15 is 0 Å². The van der Waals surface area contributed by atoms with Gasteiger partial charge >= 0.3 is 11.9 Å². The van der Waals surface area contributed by atoms with Gasteiger partial charge in [-0.25, -0.2) is 9.59 Å². The molecule has 1 amide bonds. The third kappa shape index (κ3) is 2.71. The largest absolute Gasteiger partial charge is 0.477 e. The van der Waals surface area contributed by atoms with Crippen molar-refractivity contribution in [3.8, 4) is 0 Å². The molecule has 1 saturated heterocycles. The molecule has 7 nitrogen and oxygen atoms in total. The average Bonchev–Trinajstić information content (AvgIpc) is 2.58. The Labute approximate surface area is 136 Å². The molecule has 2 atom stereocenters. The lowest BCUT2D eigenvalue weighted by Gasteiger charge is -2.47. The monoisotopic (exact) mass is 334 g/mol. The van der Waals surface area contributed by atoms with Gasteiger partial charge in [-0.1, -0.05) is 18.2 Å². The minimum atomic E-state index is -1.22. The fourth-order valence-electron chi connectivity index (χ4n) is 2.50. The van der Waals surface area contributed by atoms with E-state index in [4.69, 9.17) is 10.5 Å². The summed E-state index contributed by atoms with van der Waals surface area (Å²) in [5.74, 6) is -1.83. The molecule has 3 rings (SSSR count). The van der Waals surface area contributed by atoms with Crippen molar-refractivity contribution in [1.82, 2.24) is 4.90 Å². The highest BCUT2D eigenvalue weighted by Gasteiger charge is 2.51. The number of benzene rings is 1. The minimum Gasteiger partial charge on any atom is -0.477 e. The lowest BCUT2D eigenvalue weighted by atomic mass is 10.0. The summed E-state index contributed by atoms with van der Waals surface area (Å²) in [6, 6.07) is 7.73. The molecule has 1 fully saturated rings. The first-order valence-electron chi connectivity index (χ1n) is 6.88. The second-order valence-electron chi connectivity index (χ2n) is 5.14. The predicted octanol–water partition coefficient (Wildman–Crippen LogP) is 0.425. The molecule has 1 aromatic carbocycles. The van der Waals surface area contributed by atoms with Gasteiger partial charge in [0.15, 0.2) is 0 Å². The van der Waals surface area contributed by atoms with Crippen molar-refractivity contribution in [1.29, 1.82) is 0 Å². The molecular formula is C15H14N2O5S. The van der Waals surface area contributed by atoms with Crippen LogP contribution in [-0.2, 0) is 14.3 Å². The highest BCUT2D eigenvalue weighted by molar-refractivity contribution is 8.00. The van der Waals surface area contributed by atoms with Gasteiger partial charge < -0.3 is 15.6 Å². The summed E-state index contributed by atoms with van der Waals surface area (Å²) in [7, 11) is 0. The molecule has 0 bridgehead atoms. The lowest BCUT2D eigenvalue weighted by Crippen LogP contribution is -2.68. The Hall–Kier alpha value is -2.32. The maximum absolute atomic E-state index is 11.9. The number of aliphatic carboxylic acids is 1. The summed E-state index contributed by atoms with van der Waals surface area (Å²) in [4.78, 5) is 36.4. The number of ether oxygens (including phenoxy) is 1. The maximum atomic E-state index is 11.9. The number of nitrogens with zero attached hydrogens (tertiary/aromatic N) is 1. The van der Waals surface area contributed by atoms with E-state index in [1.54, 1.807) is 30.3 Å². The maximum Gasteiger partial charge on any atom is 0.352 e. The van der Waals surface area contributed by atoms with Crippen molar-refractivity contribution < 1.29 is 24.2 Å². The number of fused-ring (bicyclic) bond motifs is 1. The van der Waals surface area contributed by atoms with Gasteiger partial charge in [-0.15, -0.1) is 11.8 Å². The number of carbonyl (C=O) groups is 3. The van der Waals surface area contributed by atoms with E-state index in [2.05, 4.69) is 0 Å². The second kappa shape index (κ2) is 6.05. The van der Waals surface area contributed by atoms with Crippen molar-refractivity contribution >= 4 is 29.6 Å². The normalized spacial score (nSPS) is 23.2. The van der Waals surface area contributed by atoms with Crippen LogP contribution in [0.15, 0.2) is 41.6 Å². The molecule has 8 heteroatoms. The summed E-state index contributed by atoms with van der Waals surface area (Å²) >= 11 is 1.37. The molecule has 0 spiro atoms. The van der Waals surface area contributed by atoms with Crippen LogP contribution in [0, 0.1) is 0 Å². The summed E-state index contributed by atoms with van der Waals surface area (Å²) in [5, 5.41) is 9.02. The first kappa shape index (κ1) is 15.6. The molecule has 0 saturated carbocycles. The van der Waals surface area contributed by atoms with Crippen LogP contribution in [0.4, 0.5) is 0 Å². The van der Waals surface area contributed by atoms with E-state index in [0.29, 0.717) is 16.9 Å². The molecule has 1 unspecified atom stereocenters. The number of rotatable bonds is 4. The molecular weight excluding hydrogens is 320 g/mol. The smallest absolute Gasteiger partial charge is 0.352 e.